The molecule has 9 heteroatoms. The van der Waals surface area contributed by atoms with Crippen LogP contribution in [-0.2, 0) is 11.4 Å². The highest BCUT2D eigenvalue weighted by Gasteiger charge is 2.13. The van der Waals surface area contributed by atoms with Crippen LogP contribution in [0.25, 0.3) is 22.4 Å². The van der Waals surface area contributed by atoms with Crippen molar-refractivity contribution in [2.75, 3.05) is 7.11 Å². The molecule has 0 spiro atoms. The molecule has 5 aromatic rings. The van der Waals surface area contributed by atoms with Crippen molar-refractivity contribution in [1.29, 1.82) is 0 Å². The molecule has 0 atom stereocenters. The molecule has 0 aliphatic carbocycles. The van der Waals surface area contributed by atoms with Crippen molar-refractivity contribution in [3.8, 4) is 11.4 Å². The van der Waals surface area contributed by atoms with Gasteiger partial charge in [0.15, 0.2) is 23.7 Å². The number of fused-ring (bicyclic) bond motifs is 3. The molecule has 3 heterocycles. The molecule has 31 heavy (non-hydrogen) atoms. The van der Waals surface area contributed by atoms with Crippen LogP contribution in [0.3, 0.4) is 0 Å². The molecule has 154 valence electrons. The zero-order valence-electron chi connectivity index (χ0n) is 17.0. The third-order valence-corrected chi connectivity index (χ3v) is 4.81. The minimum Gasteiger partial charge on any atom is -0.497 e. The van der Waals surface area contributed by atoms with E-state index >= 15 is 0 Å². The summed E-state index contributed by atoms with van der Waals surface area (Å²) in [6.07, 6.45) is 5.00. The molecule has 0 amide bonds. The smallest absolute Gasteiger partial charge is 0.192 e. The Morgan fingerprint density at radius 3 is 2.61 bits per heavy atom. The van der Waals surface area contributed by atoms with Crippen LogP contribution in [0, 0.1) is 6.92 Å². The van der Waals surface area contributed by atoms with Crippen LogP contribution >= 0.6 is 0 Å². The molecule has 0 fully saturated rings. The van der Waals surface area contributed by atoms with E-state index in [4.69, 9.17) is 9.57 Å². The fourth-order valence-electron chi connectivity index (χ4n) is 3.18. The lowest BCUT2D eigenvalue weighted by atomic mass is 10.2. The highest BCUT2D eigenvalue weighted by molar-refractivity contribution is 5.89. The largest absolute Gasteiger partial charge is 0.497 e. The first-order valence-corrected chi connectivity index (χ1v) is 9.66. The predicted octanol–water partition coefficient (Wildman–Crippen LogP) is 3.33. The molecule has 0 aliphatic rings. The number of hydrogen-bond acceptors (Lipinski definition) is 7. The average Bonchev–Trinajstić information content (AvgIpc) is 3.41. The number of aromatic nitrogens is 6. The Labute approximate surface area is 177 Å². The molecule has 0 bridgehead atoms. The maximum Gasteiger partial charge on any atom is 0.192 e. The number of hydrogen-bond donors (Lipinski definition) is 0. The minimum atomic E-state index is 0.141. The molecular formula is C22H19N7O2. The molecule has 0 N–H and O–H groups in total. The zero-order valence-corrected chi connectivity index (χ0v) is 17.0. The average molecular weight is 413 g/mol. The zero-order chi connectivity index (χ0) is 21.2. The summed E-state index contributed by atoms with van der Waals surface area (Å²) in [4.78, 5) is 14.5. The van der Waals surface area contributed by atoms with Gasteiger partial charge in [0.25, 0.3) is 0 Å². The summed E-state index contributed by atoms with van der Waals surface area (Å²) < 4.78 is 8.55. The van der Waals surface area contributed by atoms with E-state index in [1.807, 2.05) is 55.5 Å². The third kappa shape index (κ3) is 3.68. The van der Waals surface area contributed by atoms with E-state index in [1.54, 1.807) is 35.0 Å². The molecule has 9 nitrogen and oxygen atoms in total. The van der Waals surface area contributed by atoms with Gasteiger partial charge in [0.05, 0.1) is 30.6 Å². The highest BCUT2D eigenvalue weighted by Crippen LogP contribution is 2.20. The fraction of sp³-hybridized carbons (Fsp3) is 0.136. The van der Waals surface area contributed by atoms with E-state index in [1.165, 1.54) is 5.56 Å². The van der Waals surface area contributed by atoms with Crippen LogP contribution < -0.4 is 4.74 Å². The second-order valence-electron chi connectivity index (χ2n) is 6.95. The lowest BCUT2D eigenvalue weighted by molar-refractivity contribution is 0.126. The Kier molecular flexibility index (Phi) is 4.75. The van der Waals surface area contributed by atoms with Crippen LogP contribution in [0.5, 0.6) is 5.75 Å². The van der Waals surface area contributed by atoms with Gasteiger partial charge < -0.3 is 9.57 Å². The quantitative estimate of drug-likeness (QED) is 0.313. The lowest BCUT2D eigenvalue weighted by Crippen LogP contribution is -1.99. The van der Waals surface area contributed by atoms with Crippen LogP contribution in [0.2, 0.25) is 0 Å². The van der Waals surface area contributed by atoms with Crippen LogP contribution in [-0.4, -0.2) is 42.7 Å². The number of oxime groups is 1. The summed E-state index contributed by atoms with van der Waals surface area (Å²) in [6, 6.07) is 15.6. The second-order valence-corrected chi connectivity index (χ2v) is 6.95. The molecule has 2 aromatic carbocycles. The summed E-state index contributed by atoms with van der Waals surface area (Å²) in [6.45, 7) is 2.19. The molecule has 5 rings (SSSR count). The maximum atomic E-state index is 5.37. The van der Waals surface area contributed by atoms with Crippen molar-refractivity contribution < 1.29 is 9.57 Å². The molecule has 0 saturated carbocycles. The number of ether oxygens (including phenoxy) is 1. The van der Waals surface area contributed by atoms with E-state index in [0.717, 1.165) is 22.4 Å². The molecule has 0 unspecified atom stereocenters. The van der Waals surface area contributed by atoms with Crippen LogP contribution in [0.15, 0.2) is 66.2 Å². The first-order valence-electron chi connectivity index (χ1n) is 9.66. The third-order valence-electron chi connectivity index (χ3n) is 4.81. The summed E-state index contributed by atoms with van der Waals surface area (Å²) in [5.74, 6) is 1.29. The molecule has 0 radical (unpaired) electrons. The Morgan fingerprint density at radius 1 is 1.03 bits per heavy atom. The van der Waals surface area contributed by atoms with Gasteiger partial charge in [0.1, 0.15) is 12.1 Å². The highest BCUT2D eigenvalue weighted by atomic mass is 16.6. The SMILES string of the molecule is COc1ccc(/C=N\OCc2nc3c4cnn(-c5ccc(C)cc5)c4ncn3n2)cc1. The van der Waals surface area contributed by atoms with Crippen molar-refractivity contribution in [3.63, 3.8) is 0 Å². The Morgan fingerprint density at radius 2 is 1.84 bits per heavy atom. The molecule has 0 aliphatic heterocycles. The first-order chi connectivity index (χ1) is 15.2. The van der Waals surface area contributed by atoms with E-state index in [-0.39, 0.29) is 6.61 Å². The number of methoxy groups -OCH3 is 1. The molecular weight excluding hydrogens is 394 g/mol. The Hall–Kier alpha value is -4.27. The summed E-state index contributed by atoms with van der Waals surface area (Å²) >= 11 is 0. The minimum absolute atomic E-state index is 0.141. The van der Waals surface area contributed by atoms with Crippen molar-refractivity contribution in [2.45, 2.75) is 13.5 Å². The maximum absolute atomic E-state index is 5.37. The van der Waals surface area contributed by atoms with E-state index in [0.29, 0.717) is 17.1 Å². The Bertz CT molecular complexity index is 1370. The molecule has 3 aromatic heterocycles. The van der Waals surface area contributed by atoms with Gasteiger partial charge in [-0.2, -0.15) is 5.10 Å². The van der Waals surface area contributed by atoms with Gasteiger partial charge in [0, 0.05) is 0 Å². The van der Waals surface area contributed by atoms with Crippen molar-refractivity contribution in [1.82, 2.24) is 29.4 Å². The van der Waals surface area contributed by atoms with Crippen molar-refractivity contribution in [3.05, 3.63) is 78.0 Å². The van der Waals surface area contributed by atoms with Crippen LogP contribution in [0.1, 0.15) is 17.0 Å². The van der Waals surface area contributed by atoms with Gasteiger partial charge in [-0.25, -0.2) is 19.2 Å². The molecule has 0 saturated heterocycles. The van der Waals surface area contributed by atoms with Gasteiger partial charge >= 0.3 is 0 Å². The van der Waals surface area contributed by atoms with Gasteiger partial charge in [-0.1, -0.05) is 22.9 Å². The van der Waals surface area contributed by atoms with Crippen molar-refractivity contribution in [2.24, 2.45) is 5.16 Å². The van der Waals surface area contributed by atoms with Gasteiger partial charge in [-0.05, 0) is 48.9 Å². The second kappa shape index (κ2) is 7.86. The summed E-state index contributed by atoms with van der Waals surface area (Å²) in [5.41, 5.74) is 4.41. The standard InChI is InChI=1S/C22H19N7O2/c1-15-3-7-17(8-4-15)29-21-19(12-24-29)22-26-20(27-28(22)14-23-21)13-31-25-11-16-5-9-18(30-2)10-6-16/h3-12,14H,13H2,1-2H3/b25-11-. The Balaban J connectivity index is 1.35. The fourth-order valence-corrected chi connectivity index (χ4v) is 3.18. The topological polar surface area (TPSA) is 91.7 Å². The van der Waals surface area contributed by atoms with E-state index in [2.05, 4.69) is 25.3 Å². The van der Waals surface area contributed by atoms with Gasteiger partial charge in [-0.3, -0.25) is 0 Å². The first kappa shape index (κ1) is 18.7. The van der Waals surface area contributed by atoms with E-state index in [9.17, 15) is 0 Å². The van der Waals surface area contributed by atoms with Crippen LogP contribution in [0.4, 0.5) is 0 Å². The lowest BCUT2D eigenvalue weighted by Gasteiger charge is -2.03. The van der Waals surface area contributed by atoms with Crippen molar-refractivity contribution >= 4 is 22.9 Å². The monoisotopic (exact) mass is 413 g/mol. The van der Waals surface area contributed by atoms with Gasteiger partial charge in [-0.15, -0.1) is 5.10 Å². The number of nitrogens with zero attached hydrogens (tertiary/aromatic N) is 7. The van der Waals surface area contributed by atoms with Gasteiger partial charge in [0.2, 0.25) is 0 Å². The normalized spacial score (nSPS) is 11.5. The number of aryl methyl sites for hydroxylation is 1. The number of benzene rings is 2. The number of rotatable bonds is 6. The predicted molar refractivity (Wildman–Crippen MR) is 116 cm³/mol. The van der Waals surface area contributed by atoms with E-state index < -0.39 is 0 Å². The summed E-state index contributed by atoms with van der Waals surface area (Å²) in [7, 11) is 1.63. The summed E-state index contributed by atoms with van der Waals surface area (Å²) in [5, 5.41) is 13.7.